The SMILES string of the molecule is CCCOc1ccc(C2=C(N(C)c3ccccc3)C(=O)N(c3cc(C)ccc3OC)C2=O)cc1. The van der Waals surface area contributed by atoms with E-state index < -0.39 is 11.8 Å². The van der Waals surface area contributed by atoms with Crippen LogP contribution in [0.2, 0.25) is 0 Å². The molecule has 0 bridgehead atoms. The number of rotatable bonds is 8. The summed E-state index contributed by atoms with van der Waals surface area (Å²) >= 11 is 0. The van der Waals surface area contributed by atoms with Crippen molar-refractivity contribution in [1.82, 2.24) is 0 Å². The van der Waals surface area contributed by atoms with E-state index >= 15 is 0 Å². The van der Waals surface area contributed by atoms with Gasteiger partial charge in [0, 0.05) is 12.7 Å². The molecule has 0 N–H and O–H groups in total. The topological polar surface area (TPSA) is 59.1 Å². The minimum Gasteiger partial charge on any atom is -0.495 e. The van der Waals surface area contributed by atoms with Gasteiger partial charge in [0.15, 0.2) is 0 Å². The zero-order valence-corrected chi connectivity index (χ0v) is 19.9. The number of ether oxygens (including phenoxy) is 2. The van der Waals surface area contributed by atoms with Crippen molar-refractivity contribution in [3.8, 4) is 11.5 Å². The molecule has 1 heterocycles. The van der Waals surface area contributed by atoms with Crippen LogP contribution in [0, 0.1) is 6.92 Å². The molecule has 2 amide bonds. The highest BCUT2D eigenvalue weighted by molar-refractivity contribution is 6.46. The third-order valence-electron chi connectivity index (χ3n) is 5.73. The number of amides is 2. The van der Waals surface area contributed by atoms with E-state index in [4.69, 9.17) is 9.47 Å². The number of imide groups is 1. The van der Waals surface area contributed by atoms with Gasteiger partial charge >= 0.3 is 0 Å². The van der Waals surface area contributed by atoms with E-state index in [1.54, 1.807) is 24.1 Å². The van der Waals surface area contributed by atoms with Crippen molar-refractivity contribution in [2.45, 2.75) is 20.3 Å². The van der Waals surface area contributed by atoms with E-state index in [9.17, 15) is 9.59 Å². The van der Waals surface area contributed by atoms with Gasteiger partial charge in [-0.1, -0.05) is 43.3 Å². The molecule has 3 aromatic carbocycles. The number of methoxy groups -OCH3 is 1. The van der Waals surface area contributed by atoms with Crippen molar-refractivity contribution in [1.29, 1.82) is 0 Å². The molecule has 174 valence electrons. The summed E-state index contributed by atoms with van der Waals surface area (Å²) in [5, 5.41) is 0. The average molecular weight is 457 g/mol. The maximum absolute atomic E-state index is 13.8. The number of benzene rings is 3. The fraction of sp³-hybridized carbons (Fsp3) is 0.214. The molecule has 0 saturated carbocycles. The van der Waals surface area contributed by atoms with Gasteiger partial charge in [0.1, 0.15) is 17.2 Å². The van der Waals surface area contributed by atoms with Crippen molar-refractivity contribution < 1.29 is 19.1 Å². The number of carbonyl (C=O) groups excluding carboxylic acids is 2. The molecule has 0 aromatic heterocycles. The minimum absolute atomic E-state index is 0.307. The van der Waals surface area contributed by atoms with Crippen molar-refractivity contribution in [2.75, 3.05) is 30.6 Å². The molecule has 34 heavy (non-hydrogen) atoms. The Morgan fingerprint density at radius 3 is 2.26 bits per heavy atom. The molecule has 0 fully saturated rings. The summed E-state index contributed by atoms with van der Waals surface area (Å²) in [7, 11) is 3.32. The Labute approximate surface area is 200 Å². The quantitative estimate of drug-likeness (QED) is 0.436. The van der Waals surface area contributed by atoms with E-state index in [1.165, 1.54) is 12.0 Å². The highest BCUT2D eigenvalue weighted by Crippen LogP contribution is 2.40. The Kier molecular flexibility index (Phi) is 6.68. The van der Waals surface area contributed by atoms with Crippen LogP contribution in [0.5, 0.6) is 11.5 Å². The third-order valence-corrected chi connectivity index (χ3v) is 5.73. The lowest BCUT2D eigenvalue weighted by Crippen LogP contribution is -2.34. The first-order chi connectivity index (χ1) is 16.5. The summed E-state index contributed by atoms with van der Waals surface area (Å²) < 4.78 is 11.2. The summed E-state index contributed by atoms with van der Waals surface area (Å²) in [4.78, 5) is 30.6. The predicted molar refractivity (Wildman–Crippen MR) is 134 cm³/mol. The van der Waals surface area contributed by atoms with Crippen molar-refractivity contribution in [3.63, 3.8) is 0 Å². The number of likely N-dealkylation sites (N-methyl/N-ethyl adjacent to an activating group) is 1. The molecule has 6 nitrogen and oxygen atoms in total. The normalized spacial score (nSPS) is 13.5. The van der Waals surface area contributed by atoms with Crippen LogP contribution in [0.25, 0.3) is 5.57 Å². The molecular weight excluding hydrogens is 428 g/mol. The molecule has 0 unspecified atom stereocenters. The molecule has 0 spiro atoms. The first kappa shape index (κ1) is 23.1. The van der Waals surface area contributed by atoms with E-state index in [0.29, 0.717) is 34.9 Å². The lowest BCUT2D eigenvalue weighted by atomic mass is 10.0. The summed E-state index contributed by atoms with van der Waals surface area (Å²) in [5.41, 5.74) is 3.43. The van der Waals surface area contributed by atoms with Crippen LogP contribution in [0.3, 0.4) is 0 Å². The van der Waals surface area contributed by atoms with E-state index in [1.807, 2.05) is 74.5 Å². The van der Waals surface area contributed by atoms with Gasteiger partial charge in [-0.3, -0.25) is 9.59 Å². The van der Waals surface area contributed by atoms with Gasteiger partial charge in [0.25, 0.3) is 11.8 Å². The monoisotopic (exact) mass is 456 g/mol. The van der Waals surface area contributed by atoms with Crippen LogP contribution in [-0.4, -0.2) is 32.6 Å². The average Bonchev–Trinajstić information content (AvgIpc) is 3.12. The highest BCUT2D eigenvalue weighted by Gasteiger charge is 2.43. The lowest BCUT2D eigenvalue weighted by molar-refractivity contribution is -0.120. The maximum Gasteiger partial charge on any atom is 0.282 e. The van der Waals surface area contributed by atoms with Gasteiger partial charge < -0.3 is 14.4 Å². The van der Waals surface area contributed by atoms with E-state index in [-0.39, 0.29) is 0 Å². The molecule has 3 aromatic rings. The Balaban J connectivity index is 1.84. The molecule has 1 aliphatic heterocycles. The summed E-state index contributed by atoms with van der Waals surface area (Å²) in [6.45, 7) is 4.57. The number of nitrogens with zero attached hydrogens (tertiary/aromatic N) is 2. The number of anilines is 2. The molecule has 0 aliphatic carbocycles. The predicted octanol–water partition coefficient (Wildman–Crippen LogP) is 5.21. The molecule has 0 radical (unpaired) electrons. The van der Waals surface area contributed by atoms with Gasteiger partial charge in [-0.25, -0.2) is 4.90 Å². The maximum atomic E-state index is 13.8. The Morgan fingerprint density at radius 2 is 1.62 bits per heavy atom. The third kappa shape index (κ3) is 4.27. The molecule has 0 saturated heterocycles. The Bertz CT molecular complexity index is 1230. The largest absolute Gasteiger partial charge is 0.495 e. The second-order valence-corrected chi connectivity index (χ2v) is 8.11. The fourth-order valence-electron chi connectivity index (χ4n) is 4.00. The molecule has 6 heteroatoms. The second kappa shape index (κ2) is 9.83. The van der Waals surface area contributed by atoms with Gasteiger partial charge in [0.2, 0.25) is 0 Å². The van der Waals surface area contributed by atoms with Crippen LogP contribution < -0.4 is 19.3 Å². The van der Waals surface area contributed by atoms with E-state index in [0.717, 1.165) is 23.4 Å². The number of carbonyl (C=O) groups is 2. The van der Waals surface area contributed by atoms with Crippen molar-refractivity contribution in [3.05, 3.63) is 89.6 Å². The van der Waals surface area contributed by atoms with Crippen molar-refractivity contribution in [2.24, 2.45) is 0 Å². The van der Waals surface area contributed by atoms with Crippen LogP contribution in [0.1, 0.15) is 24.5 Å². The number of aryl methyl sites for hydroxylation is 1. The molecule has 0 atom stereocenters. The Hall–Kier alpha value is -4.06. The molecular formula is C28H28N2O4. The van der Waals surface area contributed by atoms with Crippen LogP contribution in [0.15, 0.2) is 78.5 Å². The smallest absolute Gasteiger partial charge is 0.282 e. The zero-order valence-electron chi connectivity index (χ0n) is 19.9. The minimum atomic E-state index is -0.401. The van der Waals surface area contributed by atoms with Crippen LogP contribution in [-0.2, 0) is 9.59 Å². The van der Waals surface area contributed by atoms with Crippen LogP contribution in [0.4, 0.5) is 11.4 Å². The molecule has 1 aliphatic rings. The van der Waals surface area contributed by atoms with Crippen molar-refractivity contribution >= 4 is 28.8 Å². The standard InChI is InChI=1S/C28H28N2O4/c1-5-17-34-22-14-12-20(13-15-22)25-26(29(3)21-9-7-6-8-10-21)28(32)30(27(25)31)23-18-19(2)11-16-24(23)33-4/h6-16,18H,5,17H2,1-4H3. The van der Waals surface area contributed by atoms with Gasteiger partial charge in [-0.15, -0.1) is 0 Å². The summed E-state index contributed by atoms with van der Waals surface area (Å²) in [5.74, 6) is 0.382. The van der Waals surface area contributed by atoms with Gasteiger partial charge in [-0.2, -0.15) is 0 Å². The zero-order chi connectivity index (χ0) is 24.2. The first-order valence-corrected chi connectivity index (χ1v) is 11.3. The number of hydrogen-bond acceptors (Lipinski definition) is 5. The second-order valence-electron chi connectivity index (χ2n) is 8.11. The van der Waals surface area contributed by atoms with Gasteiger partial charge in [-0.05, 0) is 60.9 Å². The Morgan fingerprint density at radius 1 is 0.912 bits per heavy atom. The van der Waals surface area contributed by atoms with Crippen LogP contribution >= 0.6 is 0 Å². The molecule has 4 rings (SSSR count). The highest BCUT2D eigenvalue weighted by atomic mass is 16.5. The van der Waals surface area contributed by atoms with E-state index in [2.05, 4.69) is 0 Å². The number of para-hydroxylation sites is 1. The lowest BCUT2D eigenvalue weighted by Gasteiger charge is -2.22. The fourth-order valence-corrected chi connectivity index (χ4v) is 4.00. The summed E-state index contributed by atoms with van der Waals surface area (Å²) in [6.07, 6.45) is 0.902. The van der Waals surface area contributed by atoms with Gasteiger partial charge in [0.05, 0.1) is 25.0 Å². The first-order valence-electron chi connectivity index (χ1n) is 11.3. The number of hydrogen-bond donors (Lipinski definition) is 0. The summed E-state index contributed by atoms with van der Waals surface area (Å²) in [6, 6.07) is 22.2.